The molecule has 1 aliphatic rings. The summed E-state index contributed by atoms with van der Waals surface area (Å²) >= 11 is 0. The molecule has 1 unspecified atom stereocenters. The molecule has 2 rings (SSSR count). The third-order valence-electron chi connectivity index (χ3n) is 6.08. The fourth-order valence-corrected chi connectivity index (χ4v) is 4.38. The molecule has 2 nitrogen and oxygen atoms in total. The van der Waals surface area contributed by atoms with Crippen molar-refractivity contribution in [2.45, 2.75) is 104 Å². The maximum atomic E-state index is 6.18. The molecule has 0 spiro atoms. The van der Waals surface area contributed by atoms with Gasteiger partial charge in [0.05, 0.1) is 13.2 Å². The summed E-state index contributed by atoms with van der Waals surface area (Å²) in [4.78, 5) is 0. The third kappa shape index (κ3) is 6.03. The number of hydrogen-bond donors (Lipinski definition) is 0. The van der Waals surface area contributed by atoms with Crippen LogP contribution in [-0.4, -0.2) is 13.2 Å². The van der Waals surface area contributed by atoms with Gasteiger partial charge in [-0.2, -0.15) is 0 Å². The molecule has 0 N–H and O–H groups in total. The fourth-order valence-electron chi connectivity index (χ4n) is 4.38. The quantitative estimate of drug-likeness (QED) is 0.284. The zero-order valence-electron chi connectivity index (χ0n) is 19.2. The summed E-state index contributed by atoms with van der Waals surface area (Å²) in [5.41, 5.74) is 4.22. The lowest BCUT2D eigenvalue weighted by atomic mass is 9.77. The summed E-state index contributed by atoms with van der Waals surface area (Å²) in [6.45, 7) is 14.8. The van der Waals surface area contributed by atoms with Crippen LogP contribution >= 0.6 is 0 Å². The van der Waals surface area contributed by atoms with Gasteiger partial charge in [-0.1, -0.05) is 58.1 Å². The highest BCUT2D eigenvalue weighted by atomic mass is 16.5. The summed E-state index contributed by atoms with van der Waals surface area (Å²) in [5.74, 6) is 2.46. The van der Waals surface area contributed by atoms with Crippen LogP contribution < -0.4 is 9.47 Å². The predicted octanol–water partition coefficient (Wildman–Crippen LogP) is 7.95. The van der Waals surface area contributed by atoms with Crippen molar-refractivity contribution in [1.82, 2.24) is 0 Å². The molecule has 158 valence electrons. The van der Waals surface area contributed by atoms with Gasteiger partial charge in [-0.15, -0.1) is 0 Å². The van der Waals surface area contributed by atoms with Crippen LogP contribution in [-0.2, 0) is 5.41 Å². The minimum atomic E-state index is 0.127. The molecule has 1 aromatic carbocycles. The van der Waals surface area contributed by atoms with Crippen LogP contribution in [0, 0.1) is 0 Å². The Morgan fingerprint density at radius 2 is 1.61 bits per heavy atom. The third-order valence-corrected chi connectivity index (χ3v) is 6.08. The summed E-state index contributed by atoms with van der Waals surface area (Å²) in [6, 6.07) is 4.61. The number of hydrogen-bond acceptors (Lipinski definition) is 2. The molecule has 2 heteroatoms. The molecule has 0 saturated heterocycles. The van der Waals surface area contributed by atoms with Crippen molar-refractivity contribution in [3.8, 4) is 11.5 Å². The van der Waals surface area contributed by atoms with Crippen LogP contribution in [0.3, 0.4) is 0 Å². The summed E-state index contributed by atoms with van der Waals surface area (Å²) in [5, 5.41) is 0. The van der Waals surface area contributed by atoms with Crippen molar-refractivity contribution in [2.24, 2.45) is 0 Å². The van der Waals surface area contributed by atoms with Gasteiger partial charge in [-0.05, 0) is 69.6 Å². The Morgan fingerprint density at radius 1 is 0.964 bits per heavy atom. The topological polar surface area (TPSA) is 18.5 Å². The van der Waals surface area contributed by atoms with Crippen molar-refractivity contribution in [2.75, 3.05) is 13.2 Å². The first-order valence-corrected chi connectivity index (χ1v) is 11.5. The molecule has 0 aromatic heterocycles. The second-order valence-corrected chi connectivity index (χ2v) is 8.96. The van der Waals surface area contributed by atoms with E-state index in [-0.39, 0.29) is 5.41 Å². The van der Waals surface area contributed by atoms with Crippen molar-refractivity contribution < 1.29 is 9.47 Å². The molecule has 0 amide bonds. The van der Waals surface area contributed by atoms with Gasteiger partial charge in [-0.3, -0.25) is 0 Å². The highest BCUT2D eigenvalue weighted by Crippen LogP contribution is 2.45. The Labute approximate surface area is 173 Å². The second kappa shape index (κ2) is 10.9. The monoisotopic (exact) mass is 386 g/mol. The van der Waals surface area contributed by atoms with Crippen molar-refractivity contribution in [1.29, 1.82) is 0 Å². The van der Waals surface area contributed by atoms with Crippen LogP contribution in [0.5, 0.6) is 11.5 Å². The lowest BCUT2D eigenvalue weighted by molar-refractivity contribution is 0.310. The van der Waals surface area contributed by atoms with E-state index in [4.69, 9.17) is 9.47 Å². The normalized spacial score (nSPS) is 17.4. The smallest absolute Gasteiger partial charge is 0.127 e. The van der Waals surface area contributed by atoms with Crippen LogP contribution in [0.2, 0.25) is 0 Å². The largest absolute Gasteiger partial charge is 0.493 e. The van der Waals surface area contributed by atoms with Gasteiger partial charge in [0.25, 0.3) is 0 Å². The first-order chi connectivity index (χ1) is 13.4. The maximum absolute atomic E-state index is 6.18. The molecule has 0 radical (unpaired) electrons. The van der Waals surface area contributed by atoms with E-state index in [2.05, 4.69) is 59.8 Å². The Balaban J connectivity index is 2.42. The summed E-state index contributed by atoms with van der Waals surface area (Å²) in [6.07, 6.45) is 12.5. The molecular weight excluding hydrogens is 344 g/mol. The SMILES string of the molecule is CCCCCCC(C)(C)c1cc(OCC)c(C2C=C(C)CCC2)c(OCC)c1. The number of unbranched alkanes of at least 4 members (excludes halogenated alkanes) is 3. The number of allylic oxidation sites excluding steroid dienone is 2. The van der Waals surface area contributed by atoms with Gasteiger partial charge in [-0.25, -0.2) is 0 Å². The lowest BCUT2D eigenvalue weighted by Gasteiger charge is -2.30. The van der Waals surface area contributed by atoms with Crippen LogP contribution in [0.4, 0.5) is 0 Å². The van der Waals surface area contributed by atoms with Crippen molar-refractivity contribution in [3.05, 3.63) is 34.9 Å². The summed E-state index contributed by atoms with van der Waals surface area (Å²) in [7, 11) is 0. The van der Waals surface area contributed by atoms with Gasteiger partial charge in [0.1, 0.15) is 11.5 Å². The molecule has 28 heavy (non-hydrogen) atoms. The molecule has 1 aliphatic carbocycles. The van der Waals surface area contributed by atoms with Gasteiger partial charge in [0, 0.05) is 11.5 Å². The molecular formula is C26H42O2. The lowest BCUT2D eigenvalue weighted by Crippen LogP contribution is -2.19. The molecule has 0 bridgehead atoms. The zero-order chi connectivity index (χ0) is 20.6. The van der Waals surface area contributed by atoms with E-state index < -0.39 is 0 Å². The zero-order valence-corrected chi connectivity index (χ0v) is 19.2. The standard InChI is InChI=1S/C26H42O2/c1-7-10-11-12-16-26(5,6)22-18-23(27-8-2)25(24(19-22)28-9-3)21-15-13-14-20(4)17-21/h17-19,21H,7-16H2,1-6H3. The molecule has 1 atom stereocenters. The van der Waals surface area contributed by atoms with Gasteiger partial charge in [0.2, 0.25) is 0 Å². The number of ether oxygens (including phenoxy) is 2. The Hall–Kier alpha value is -1.44. The molecule has 0 saturated carbocycles. The molecule has 1 aromatic rings. The first kappa shape index (κ1) is 22.8. The van der Waals surface area contributed by atoms with E-state index in [1.54, 1.807) is 0 Å². The average molecular weight is 387 g/mol. The highest BCUT2D eigenvalue weighted by Gasteiger charge is 2.27. The van der Waals surface area contributed by atoms with E-state index >= 15 is 0 Å². The molecule has 0 aliphatic heterocycles. The van der Waals surface area contributed by atoms with E-state index in [9.17, 15) is 0 Å². The van der Waals surface area contributed by atoms with Gasteiger partial charge >= 0.3 is 0 Å². The maximum Gasteiger partial charge on any atom is 0.127 e. The minimum absolute atomic E-state index is 0.127. The minimum Gasteiger partial charge on any atom is -0.493 e. The van der Waals surface area contributed by atoms with Crippen LogP contribution in [0.25, 0.3) is 0 Å². The van der Waals surface area contributed by atoms with Crippen molar-refractivity contribution in [3.63, 3.8) is 0 Å². The average Bonchev–Trinajstić information content (AvgIpc) is 2.65. The Bertz CT molecular complexity index is 615. The van der Waals surface area contributed by atoms with Crippen molar-refractivity contribution >= 4 is 0 Å². The molecule has 0 fully saturated rings. The second-order valence-electron chi connectivity index (χ2n) is 8.96. The van der Waals surface area contributed by atoms with E-state index in [1.165, 1.54) is 68.1 Å². The highest BCUT2D eigenvalue weighted by molar-refractivity contribution is 5.53. The summed E-state index contributed by atoms with van der Waals surface area (Å²) < 4.78 is 12.4. The predicted molar refractivity (Wildman–Crippen MR) is 121 cm³/mol. The van der Waals surface area contributed by atoms with Crippen LogP contribution in [0.15, 0.2) is 23.8 Å². The number of rotatable bonds is 11. The van der Waals surface area contributed by atoms with Gasteiger partial charge in [0.15, 0.2) is 0 Å². The molecule has 0 heterocycles. The van der Waals surface area contributed by atoms with Gasteiger partial charge < -0.3 is 9.47 Å². The Kier molecular flexibility index (Phi) is 8.92. The Morgan fingerprint density at radius 3 is 2.14 bits per heavy atom. The first-order valence-electron chi connectivity index (χ1n) is 11.5. The number of benzene rings is 1. The van der Waals surface area contributed by atoms with E-state index in [1.807, 2.05) is 0 Å². The van der Waals surface area contributed by atoms with Crippen LogP contribution in [0.1, 0.15) is 110 Å². The van der Waals surface area contributed by atoms with E-state index in [0.717, 1.165) is 11.5 Å². The fraction of sp³-hybridized carbons (Fsp3) is 0.692. The van der Waals surface area contributed by atoms with E-state index in [0.29, 0.717) is 19.1 Å².